The molecular formula is C65H49N5. The molecule has 2 aliphatic heterocycles. The number of allylic oxidation sites excluding steroid dienone is 4. The summed E-state index contributed by atoms with van der Waals surface area (Å²) >= 11 is 0. The number of para-hydroxylation sites is 1. The quantitative estimate of drug-likeness (QED) is 0.160. The van der Waals surface area contributed by atoms with E-state index in [1.54, 1.807) is 6.20 Å². The molecule has 3 aromatic heterocycles. The van der Waals surface area contributed by atoms with Gasteiger partial charge in [-0.2, -0.15) is 0 Å². The molecule has 0 fully saturated rings. The van der Waals surface area contributed by atoms with Crippen LogP contribution in [-0.2, 0) is 5.41 Å². The second-order valence-electron chi connectivity index (χ2n) is 19.2. The Hall–Kier alpha value is -8.80. The lowest BCUT2D eigenvalue weighted by atomic mass is 9.82. The summed E-state index contributed by atoms with van der Waals surface area (Å²) in [4.78, 5) is 9.05. The van der Waals surface area contributed by atoms with Crippen LogP contribution in [0.25, 0.3) is 99.8 Å². The summed E-state index contributed by atoms with van der Waals surface area (Å²) in [7, 11) is 0. The van der Waals surface area contributed by atoms with Crippen molar-refractivity contribution >= 4 is 27.4 Å². The molecule has 13 rings (SSSR count). The molecule has 334 valence electrons. The molecule has 0 saturated heterocycles. The van der Waals surface area contributed by atoms with Crippen LogP contribution < -0.4 is 10.6 Å². The summed E-state index contributed by atoms with van der Waals surface area (Å²) < 4.78 is 2.46. The zero-order chi connectivity index (χ0) is 46.8. The minimum absolute atomic E-state index is 0.113. The highest BCUT2D eigenvalue weighted by molar-refractivity contribution is 6.13. The van der Waals surface area contributed by atoms with Gasteiger partial charge in [0, 0.05) is 88.8 Å². The van der Waals surface area contributed by atoms with Crippen molar-refractivity contribution in [2.45, 2.75) is 19.3 Å². The highest BCUT2D eigenvalue weighted by Crippen LogP contribution is 2.51. The zero-order valence-corrected chi connectivity index (χ0v) is 39.1. The van der Waals surface area contributed by atoms with E-state index in [0.717, 1.165) is 63.3 Å². The second-order valence-corrected chi connectivity index (χ2v) is 19.2. The number of aromatic nitrogens is 3. The van der Waals surface area contributed by atoms with Crippen molar-refractivity contribution < 1.29 is 0 Å². The number of pyridine rings is 2. The van der Waals surface area contributed by atoms with E-state index in [9.17, 15) is 0 Å². The summed E-state index contributed by atoms with van der Waals surface area (Å²) in [6.45, 7) is 6.34. The zero-order valence-electron chi connectivity index (χ0n) is 39.1. The number of dihydropyridines is 2. The van der Waals surface area contributed by atoms with E-state index in [1.165, 1.54) is 77.5 Å². The van der Waals surface area contributed by atoms with Crippen LogP contribution in [0.15, 0.2) is 236 Å². The van der Waals surface area contributed by atoms with Crippen molar-refractivity contribution in [3.8, 4) is 72.4 Å². The van der Waals surface area contributed by atoms with E-state index in [4.69, 9.17) is 0 Å². The van der Waals surface area contributed by atoms with Crippen molar-refractivity contribution in [2.24, 2.45) is 0 Å². The van der Waals surface area contributed by atoms with Gasteiger partial charge in [-0.05, 0) is 168 Å². The molecule has 0 bridgehead atoms. The number of benzene rings is 7. The summed E-state index contributed by atoms with van der Waals surface area (Å²) in [6.07, 6.45) is 18.5. The van der Waals surface area contributed by atoms with Crippen LogP contribution in [0.3, 0.4) is 0 Å². The Kier molecular flexibility index (Phi) is 9.91. The van der Waals surface area contributed by atoms with E-state index < -0.39 is 0 Å². The fourth-order valence-electron chi connectivity index (χ4n) is 11.0. The Bertz CT molecular complexity index is 3850. The normalized spacial score (nSPS) is 14.6. The highest BCUT2D eigenvalue weighted by atomic mass is 15.0. The first-order chi connectivity index (χ1) is 34.4. The standard InChI is InChI=1S/C65H49N5/c1-65(2)61-21-7-6-20-57(61)58-34-60-59-33-46(22-23-63(59)70(64(60)35-62(58)65)56-18-4-3-5-19-56)51-29-49(42-12-8-14-44(26-42)52-31-54(40-68-38-52)47-16-10-24-66-36-47)28-50(30-51)43-13-9-15-45(27-43)53-32-55(41-69-39-53)48-17-11-25-67-37-48/h3-24,26-38,40-41,67,69H,25,39H2,1-2H3. The summed E-state index contributed by atoms with van der Waals surface area (Å²) in [5, 5.41) is 9.41. The lowest BCUT2D eigenvalue weighted by Gasteiger charge is -2.21. The number of fused-ring (bicyclic) bond motifs is 6. The number of hydrogen-bond donors (Lipinski definition) is 2. The Morgan fingerprint density at radius 1 is 0.457 bits per heavy atom. The van der Waals surface area contributed by atoms with Crippen molar-refractivity contribution in [3.05, 3.63) is 253 Å². The van der Waals surface area contributed by atoms with Crippen molar-refractivity contribution in [1.82, 2.24) is 25.2 Å². The van der Waals surface area contributed by atoms with Gasteiger partial charge >= 0.3 is 0 Å². The summed E-state index contributed by atoms with van der Waals surface area (Å²) in [5.41, 5.74) is 24.8. The predicted octanol–water partition coefficient (Wildman–Crippen LogP) is 15.1. The molecule has 1 aliphatic carbocycles. The Labute approximate surface area is 408 Å². The van der Waals surface area contributed by atoms with Gasteiger partial charge in [-0.25, -0.2) is 0 Å². The largest absolute Gasteiger partial charge is 0.387 e. The monoisotopic (exact) mass is 899 g/mol. The maximum Gasteiger partial charge on any atom is 0.0544 e. The highest BCUT2D eigenvalue weighted by Gasteiger charge is 2.36. The molecule has 5 heterocycles. The first kappa shape index (κ1) is 41.4. The minimum Gasteiger partial charge on any atom is -0.387 e. The molecule has 7 aromatic carbocycles. The van der Waals surface area contributed by atoms with Crippen LogP contribution in [-0.4, -0.2) is 27.6 Å². The van der Waals surface area contributed by atoms with E-state index in [0.29, 0.717) is 0 Å². The van der Waals surface area contributed by atoms with Crippen molar-refractivity contribution in [1.29, 1.82) is 0 Å². The van der Waals surface area contributed by atoms with Crippen LogP contribution in [0.1, 0.15) is 30.5 Å². The molecule has 0 spiro atoms. The maximum absolute atomic E-state index is 4.68. The number of hydrogen-bond acceptors (Lipinski definition) is 4. The molecule has 0 amide bonds. The molecule has 0 atom stereocenters. The molecule has 70 heavy (non-hydrogen) atoms. The molecular weight excluding hydrogens is 851 g/mol. The van der Waals surface area contributed by atoms with Crippen LogP contribution in [0.5, 0.6) is 0 Å². The SMILES string of the molecule is CC1(C)c2ccccc2-c2cc3c4cc(-c5cc(-c6cccc(C7=CC(C8=CNCC=C8)=CNC7)c6)cc(-c6cccc(-c7cncc(-c8cccnc8)c7)c6)c5)ccc4n(-c4ccccc4)c3cc21. The predicted molar refractivity (Wildman–Crippen MR) is 290 cm³/mol. The maximum atomic E-state index is 4.68. The van der Waals surface area contributed by atoms with E-state index in [-0.39, 0.29) is 5.41 Å². The van der Waals surface area contributed by atoms with Crippen molar-refractivity contribution in [3.63, 3.8) is 0 Å². The topological polar surface area (TPSA) is 54.8 Å². The molecule has 0 unspecified atom stereocenters. The fraction of sp³-hybridized carbons (Fsp3) is 0.0769. The van der Waals surface area contributed by atoms with Crippen LogP contribution in [0, 0.1) is 0 Å². The summed E-state index contributed by atoms with van der Waals surface area (Å²) in [5.74, 6) is 0. The third-order valence-electron chi connectivity index (χ3n) is 14.6. The second kappa shape index (κ2) is 16.8. The third-order valence-corrected chi connectivity index (χ3v) is 14.6. The molecule has 2 N–H and O–H groups in total. The first-order valence-electron chi connectivity index (χ1n) is 24.2. The van der Waals surface area contributed by atoms with E-state index in [1.807, 2.05) is 24.7 Å². The number of rotatable bonds is 8. The average Bonchev–Trinajstić information content (AvgIpc) is 3.87. The van der Waals surface area contributed by atoms with Gasteiger partial charge in [0.15, 0.2) is 0 Å². The molecule has 5 heteroatoms. The third kappa shape index (κ3) is 7.17. The Morgan fingerprint density at radius 2 is 1.09 bits per heavy atom. The Morgan fingerprint density at radius 3 is 1.84 bits per heavy atom. The van der Waals surface area contributed by atoms with Crippen LogP contribution >= 0.6 is 0 Å². The van der Waals surface area contributed by atoms with Crippen LogP contribution in [0.4, 0.5) is 0 Å². The minimum atomic E-state index is -0.113. The number of nitrogens with one attached hydrogen (secondary N) is 2. The fourth-order valence-corrected chi connectivity index (χ4v) is 11.0. The number of nitrogens with zero attached hydrogens (tertiary/aromatic N) is 3. The van der Waals surface area contributed by atoms with Gasteiger partial charge in [0.1, 0.15) is 0 Å². The van der Waals surface area contributed by atoms with Crippen LogP contribution in [0.2, 0.25) is 0 Å². The smallest absolute Gasteiger partial charge is 0.0544 e. The van der Waals surface area contributed by atoms with Gasteiger partial charge < -0.3 is 15.2 Å². The van der Waals surface area contributed by atoms with Gasteiger partial charge in [-0.15, -0.1) is 0 Å². The average molecular weight is 900 g/mol. The lowest BCUT2D eigenvalue weighted by molar-refractivity contribution is 0.661. The van der Waals surface area contributed by atoms with Gasteiger partial charge in [0.25, 0.3) is 0 Å². The molecule has 5 nitrogen and oxygen atoms in total. The van der Waals surface area contributed by atoms with Gasteiger partial charge in [0.2, 0.25) is 0 Å². The molecule has 10 aromatic rings. The van der Waals surface area contributed by atoms with E-state index in [2.05, 4.69) is 233 Å². The van der Waals surface area contributed by atoms with E-state index >= 15 is 0 Å². The van der Waals surface area contributed by atoms with Gasteiger partial charge in [0.05, 0.1) is 11.0 Å². The molecule has 3 aliphatic rings. The Balaban J connectivity index is 0.981. The van der Waals surface area contributed by atoms with Gasteiger partial charge in [-0.3, -0.25) is 9.97 Å². The van der Waals surface area contributed by atoms with Gasteiger partial charge in [-0.1, -0.05) is 117 Å². The molecule has 0 saturated carbocycles. The first-order valence-corrected chi connectivity index (χ1v) is 24.2. The molecule has 0 radical (unpaired) electrons. The van der Waals surface area contributed by atoms with Crippen molar-refractivity contribution in [2.75, 3.05) is 13.1 Å². The summed E-state index contributed by atoms with van der Waals surface area (Å²) in [6, 6.07) is 63.0. The lowest BCUT2D eigenvalue weighted by Crippen LogP contribution is -2.17.